The molecule has 4 saturated carbocycles. The van der Waals surface area contributed by atoms with Crippen molar-refractivity contribution in [2.75, 3.05) is 5.32 Å². The van der Waals surface area contributed by atoms with E-state index in [2.05, 4.69) is 25.9 Å². The first-order chi connectivity index (χ1) is 16.3. The molecule has 2 aromatic heterocycles. The van der Waals surface area contributed by atoms with Crippen LogP contribution in [-0.4, -0.2) is 33.4 Å². The molecule has 9 heteroatoms. The monoisotopic (exact) mass is 501 g/mol. The lowest BCUT2D eigenvalue weighted by Crippen LogP contribution is -2.70. The van der Waals surface area contributed by atoms with Gasteiger partial charge in [-0.25, -0.2) is 4.98 Å². The lowest BCUT2D eigenvalue weighted by molar-refractivity contribution is -0.135. The van der Waals surface area contributed by atoms with E-state index in [9.17, 15) is 9.59 Å². The minimum atomic E-state index is -0.495. The molecule has 2 atom stereocenters. The number of hydrogen-bond acceptors (Lipinski definition) is 6. The number of nitrogens with one attached hydrogen (secondary N) is 3. The average molecular weight is 502 g/mol. The summed E-state index contributed by atoms with van der Waals surface area (Å²) in [5.74, 6) is 1.04. The Morgan fingerprint density at radius 2 is 1.94 bits per heavy atom. The van der Waals surface area contributed by atoms with E-state index in [1.165, 1.54) is 24.2 Å². The van der Waals surface area contributed by atoms with Gasteiger partial charge in [0, 0.05) is 11.7 Å². The van der Waals surface area contributed by atoms with Gasteiger partial charge in [0.1, 0.15) is 15.9 Å². The van der Waals surface area contributed by atoms with Crippen LogP contribution in [-0.2, 0) is 4.79 Å². The van der Waals surface area contributed by atoms with E-state index < -0.39 is 6.04 Å². The average Bonchev–Trinajstić information content (AvgIpc) is 3.44. The number of pyridine rings is 1. The van der Waals surface area contributed by atoms with Crippen molar-refractivity contribution in [2.24, 2.45) is 11.8 Å². The summed E-state index contributed by atoms with van der Waals surface area (Å²) in [6.45, 7) is 3.90. The highest BCUT2D eigenvalue weighted by molar-refractivity contribution is 7.13. The molecule has 182 valence electrons. The van der Waals surface area contributed by atoms with Crippen molar-refractivity contribution < 1.29 is 9.59 Å². The molecule has 4 fully saturated rings. The lowest BCUT2D eigenvalue weighted by Gasteiger charge is -2.62. The number of halogens is 1. The molecule has 0 aromatic carbocycles. The van der Waals surface area contributed by atoms with Gasteiger partial charge >= 0.3 is 0 Å². The number of hydrogen-bond donors (Lipinski definition) is 3. The first-order valence-corrected chi connectivity index (χ1v) is 13.5. The van der Waals surface area contributed by atoms with Crippen molar-refractivity contribution in [2.45, 2.75) is 82.8 Å². The second-order valence-electron chi connectivity index (χ2n) is 10.4. The van der Waals surface area contributed by atoms with Crippen LogP contribution in [0.2, 0.25) is 5.02 Å². The van der Waals surface area contributed by atoms with Crippen LogP contribution in [0.25, 0.3) is 0 Å². The van der Waals surface area contributed by atoms with E-state index in [1.807, 2.05) is 19.9 Å². The van der Waals surface area contributed by atoms with Gasteiger partial charge in [-0.3, -0.25) is 14.6 Å². The highest BCUT2D eigenvalue weighted by atomic mass is 35.5. The highest BCUT2D eigenvalue weighted by Gasteiger charge is 2.57. The first-order valence-electron chi connectivity index (χ1n) is 12.3. The van der Waals surface area contributed by atoms with Gasteiger partial charge in [0.15, 0.2) is 0 Å². The van der Waals surface area contributed by atoms with Crippen molar-refractivity contribution >= 4 is 40.4 Å². The zero-order valence-electron chi connectivity index (χ0n) is 19.7. The van der Waals surface area contributed by atoms with Gasteiger partial charge in [0.25, 0.3) is 5.91 Å². The summed E-state index contributed by atoms with van der Waals surface area (Å²) in [7, 11) is 0. The molecule has 2 unspecified atom stereocenters. The topological polar surface area (TPSA) is 96.0 Å². The number of amides is 2. The molecule has 0 saturated heterocycles. The number of thiazole rings is 1. The quantitative estimate of drug-likeness (QED) is 0.448. The van der Waals surface area contributed by atoms with Crippen molar-refractivity contribution in [1.29, 1.82) is 0 Å². The Labute approximate surface area is 209 Å². The third-order valence-electron chi connectivity index (χ3n) is 7.64. The van der Waals surface area contributed by atoms with Crippen molar-refractivity contribution in [3.8, 4) is 0 Å². The number of carbonyl (C=O) groups excluding carboxylic acids is 2. The summed E-state index contributed by atoms with van der Waals surface area (Å²) >= 11 is 7.42. The van der Waals surface area contributed by atoms with Gasteiger partial charge in [0.2, 0.25) is 5.91 Å². The summed E-state index contributed by atoms with van der Waals surface area (Å²) < 4.78 is 0. The Morgan fingerprint density at radius 3 is 2.62 bits per heavy atom. The standard InChI is InChI=1S/C25H32ClN5O2S/c1-14-19(8-18(26)12-27-14)29-15(2)24-28-13-21(34-24)23(33)30-20(7-16-5-3-4-6-16)22(32)31-25-9-17(10-25)11-25/h8,12-13,15-17,20,29H,3-7,9-11H2,1-2H3,(H,30,33)(H,31,32). The minimum absolute atomic E-state index is 0.00643. The number of aromatic nitrogens is 2. The molecule has 0 radical (unpaired) electrons. The second-order valence-corrected chi connectivity index (χ2v) is 11.9. The van der Waals surface area contributed by atoms with Crippen LogP contribution >= 0.6 is 22.9 Å². The van der Waals surface area contributed by atoms with Gasteiger partial charge in [0.05, 0.1) is 28.6 Å². The molecule has 2 bridgehead atoms. The third kappa shape index (κ3) is 4.93. The van der Waals surface area contributed by atoms with Crippen LogP contribution in [0.4, 0.5) is 5.69 Å². The van der Waals surface area contributed by atoms with Crippen LogP contribution in [0.5, 0.6) is 0 Å². The minimum Gasteiger partial charge on any atom is -0.375 e. The Morgan fingerprint density at radius 1 is 1.21 bits per heavy atom. The molecule has 34 heavy (non-hydrogen) atoms. The van der Waals surface area contributed by atoms with Gasteiger partial charge in [-0.05, 0) is 57.4 Å². The van der Waals surface area contributed by atoms with Gasteiger partial charge < -0.3 is 16.0 Å². The third-order valence-corrected chi connectivity index (χ3v) is 9.02. The van der Waals surface area contributed by atoms with Gasteiger partial charge in [-0.15, -0.1) is 11.3 Å². The maximum Gasteiger partial charge on any atom is 0.263 e. The fourth-order valence-corrected chi connectivity index (χ4v) is 6.54. The molecule has 4 aliphatic rings. The van der Waals surface area contributed by atoms with Crippen LogP contribution < -0.4 is 16.0 Å². The molecule has 7 nitrogen and oxygen atoms in total. The molecule has 2 amide bonds. The smallest absolute Gasteiger partial charge is 0.263 e. The lowest BCUT2D eigenvalue weighted by atomic mass is 9.50. The second kappa shape index (κ2) is 9.46. The summed E-state index contributed by atoms with van der Waals surface area (Å²) in [6, 6.07) is 1.22. The summed E-state index contributed by atoms with van der Waals surface area (Å²) in [4.78, 5) is 35.5. The Kier molecular flexibility index (Phi) is 6.55. The molecule has 2 aromatic rings. The Bertz CT molecular complexity index is 1070. The Balaban J connectivity index is 1.23. The van der Waals surface area contributed by atoms with Gasteiger partial charge in [-0.1, -0.05) is 37.3 Å². The molecule has 0 spiro atoms. The van der Waals surface area contributed by atoms with E-state index in [0.29, 0.717) is 22.2 Å². The van der Waals surface area contributed by atoms with Crippen molar-refractivity contribution in [3.05, 3.63) is 39.1 Å². The zero-order chi connectivity index (χ0) is 23.9. The van der Waals surface area contributed by atoms with Gasteiger partial charge in [-0.2, -0.15) is 0 Å². The van der Waals surface area contributed by atoms with Crippen LogP contribution in [0.1, 0.15) is 84.7 Å². The summed E-state index contributed by atoms with van der Waals surface area (Å²) in [5, 5.41) is 11.0. The molecule has 2 heterocycles. The normalized spacial score (nSPS) is 25.1. The van der Waals surface area contributed by atoms with E-state index in [4.69, 9.17) is 11.6 Å². The van der Waals surface area contributed by atoms with E-state index in [1.54, 1.807) is 12.4 Å². The fraction of sp³-hybridized carbons (Fsp3) is 0.600. The number of anilines is 1. The van der Waals surface area contributed by atoms with Crippen LogP contribution in [0, 0.1) is 18.8 Å². The SMILES string of the molecule is Cc1ncc(Cl)cc1NC(C)c1ncc(C(=O)NC(CC2CCCC2)C(=O)NC23CC(C2)C3)s1. The first kappa shape index (κ1) is 23.5. The molecule has 0 aliphatic heterocycles. The van der Waals surface area contributed by atoms with Crippen LogP contribution in [0.15, 0.2) is 18.5 Å². The molecule has 6 rings (SSSR count). The van der Waals surface area contributed by atoms with E-state index >= 15 is 0 Å². The van der Waals surface area contributed by atoms with E-state index in [0.717, 1.165) is 54.4 Å². The van der Waals surface area contributed by atoms with Crippen molar-refractivity contribution in [1.82, 2.24) is 20.6 Å². The maximum absolute atomic E-state index is 13.1. The summed E-state index contributed by atoms with van der Waals surface area (Å²) in [5.41, 5.74) is 1.69. The molecule has 3 N–H and O–H groups in total. The zero-order valence-corrected chi connectivity index (χ0v) is 21.3. The molecule has 4 aliphatic carbocycles. The fourth-order valence-electron chi connectivity index (χ4n) is 5.56. The number of rotatable bonds is 9. The molecular weight excluding hydrogens is 470 g/mol. The predicted octanol–water partition coefficient (Wildman–Crippen LogP) is 5.02. The Hall–Kier alpha value is -2.19. The van der Waals surface area contributed by atoms with Crippen molar-refractivity contribution in [3.63, 3.8) is 0 Å². The maximum atomic E-state index is 13.1. The largest absolute Gasteiger partial charge is 0.375 e. The predicted molar refractivity (Wildman–Crippen MR) is 134 cm³/mol. The highest BCUT2D eigenvalue weighted by Crippen LogP contribution is 2.57. The number of nitrogens with zero attached hydrogens (tertiary/aromatic N) is 2. The van der Waals surface area contributed by atoms with E-state index in [-0.39, 0.29) is 23.4 Å². The van der Waals surface area contributed by atoms with Crippen LogP contribution in [0.3, 0.4) is 0 Å². The number of carbonyl (C=O) groups is 2. The summed E-state index contributed by atoms with van der Waals surface area (Å²) in [6.07, 6.45) is 11.9. The number of aryl methyl sites for hydroxylation is 1. The molecular formula is C25H32ClN5O2S.